The highest BCUT2D eigenvalue weighted by Crippen LogP contribution is 2.03. The first kappa shape index (κ1) is 17.6. The van der Waals surface area contributed by atoms with Crippen molar-refractivity contribution < 1.29 is 14.3 Å². The molecule has 2 N–H and O–H groups in total. The van der Waals surface area contributed by atoms with Gasteiger partial charge in [0.05, 0.1) is 0 Å². The largest absolute Gasteiger partial charge is 0.385 e. The number of carbonyl (C=O) groups is 2. The van der Waals surface area contributed by atoms with Crippen molar-refractivity contribution in [3.05, 3.63) is 59.7 Å². The lowest BCUT2D eigenvalue weighted by atomic mass is 10.2. The summed E-state index contributed by atoms with van der Waals surface area (Å²) in [5.74, 6) is -0.581. The van der Waals surface area contributed by atoms with Crippen molar-refractivity contribution in [1.82, 2.24) is 20.6 Å². The molecule has 0 aromatic carbocycles. The first-order chi connectivity index (χ1) is 11.7. The number of methoxy groups -OCH3 is 1. The summed E-state index contributed by atoms with van der Waals surface area (Å²) in [6, 6.07) is 6.73. The van der Waals surface area contributed by atoms with Gasteiger partial charge in [0.1, 0.15) is 5.69 Å². The molecular formula is C17H20N4O3. The molecule has 0 aliphatic carbocycles. The maximum absolute atomic E-state index is 12.2. The van der Waals surface area contributed by atoms with Gasteiger partial charge in [-0.25, -0.2) is 0 Å². The van der Waals surface area contributed by atoms with Gasteiger partial charge in [-0.05, 0) is 30.2 Å². The zero-order valence-electron chi connectivity index (χ0n) is 13.5. The number of ether oxygens (including phenoxy) is 1. The Kier molecular flexibility index (Phi) is 6.85. The van der Waals surface area contributed by atoms with E-state index in [2.05, 4.69) is 20.6 Å². The molecule has 2 amide bonds. The van der Waals surface area contributed by atoms with Gasteiger partial charge in [-0.1, -0.05) is 6.07 Å². The van der Waals surface area contributed by atoms with E-state index in [1.165, 1.54) is 12.3 Å². The van der Waals surface area contributed by atoms with E-state index in [-0.39, 0.29) is 17.5 Å². The second-order valence-electron chi connectivity index (χ2n) is 5.08. The highest BCUT2D eigenvalue weighted by molar-refractivity contribution is 5.98. The molecule has 0 spiro atoms. The molecule has 0 radical (unpaired) electrons. The molecule has 24 heavy (non-hydrogen) atoms. The van der Waals surface area contributed by atoms with E-state index < -0.39 is 0 Å². The average molecular weight is 328 g/mol. The average Bonchev–Trinajstić information content (AvgIpc) is 2.64. The Bertz CT molecular complexity index is 677. The quantitative estimate of drug-likeness (QED) is 0.710. The third-order valence-electron chi connectivity index (χ3n) is 3.24. The number of hydrogen-bond acceptors (Lipinski definition) is 5. The zero-order chi connectivity index (χ0) is 17.2. The molecule has 126 valence electrons. The van der Waals surface area contributed by atoms with E-state index in [9.17, 15) is 9.59 Å². The molecule has 0 atom stereocenters. The van der Waals surface area contributed by atoms with Crippen molar-refractivity contribution in [3.63, 3.8) is 0 Å². The van der Waals surface area contributed by atoms with Crippen LogP contribution in [0.15, 0.2) is 42.9 Å². The number of hydrogen-bond donors (Lipinski definition) is 2. The van der Waals surface area contributed by atoms with Crippen LogP contribution in [-0.4, -0.2) is 42.0 Å². The molecule has 2 heterocycles. The second-order valence-corrected chi connectivity index (χ2v) is 5.08. The Morgan fingerprint density at radius 1 is 1.17 bits per heavy atom. The van der Waals surface area contributed by atoms with Crippen LogP contribution >= 0.6 is 0 Å². The Balaban J connectivity index is 1.91. The van der Waals surface area contributed by atoms with Crippen molar-refractivity contribution in [2.45, 2.75) is 13.0 Å². The summed E-state index contributed by atoms with van der Waals surface area (Å²) in [6.45, 7) is 1.43. The van der Waals surface area contributed by atoms with Crippen LogP contribution in [-0.2, 0) is 11.3 Å². The van der Waals surface area contributed by atoms with Crippen molar-refractivity contribution >= 4 is 11.8 Å². The lowest BCUT2D eigenvalue weighted by Gasteiger charge is -2.07. The van der Waals surface area contributed by atoms with Crippen LogP contribution in [0.5, 0.6) is 0 Å². The van der Waals surface area contributed by atoms with E-state index in [1.807, 2.05) is 6.07 Å². The summed E-state index contributed by atoms with van der Waals surface area (Å²) >= 11 is 0. The van der Waals surface area contributed by atoms with Crippen molar-refractivity contribution in [2.24, 2.45) is 0 Å². The van der Waals surface area contributed by atoms with Gasteiger partial charge in [0, 0.05) is 51.0 Å². The molecule has 2 aromatic rings. The Morgan fingerprint density at radius 2 is 2.04 bits per heavy atom. The number of pyridine rings is 2. The molecule has 2 aromatic heterocycles. The van der Waals surface area contributed by atoms with Gasteiger partial charge in [0.15, 0.2) is 0 Å². The first-order valence-corrected chi connectivity index (χ1v) is 7.61. The lowest BCUT2D eigenvalue weighted by molar-refractivity contribution is 0.0943. The monoisotopic (exact) mass is 328 g/mol. The van der Waals surface area contributed by atoms with Crippen LogP contribution in [0.2, 0.25) is 0 Å². The first-order valence-electron chi connectivity index (χ1n) is 7.61. The number of nitrogens with one attached hydrogen (secondary N) is 2. The number of nitrogens with zero attached hydrogens (tertiary/aromatic N) is 2. The minimum Gasteiger partial charge on any atom is -0.385 e. The smallest absolute Gasteiger partial charge is 0.269 e. The molecule has 0 saturated carbocycles. The van der Waals surface area contributed by atoms with Crippen LogP contribution in [0.3, 0.4) is 0 Å². The summed E-state index contributed by atoms with van der Waals surface area (Å²) in [5, 5.41) is 5.52. The predicted octanol–water partition coefficient (Wildman–Crippen LogP) is 1.17. The van der Waals surface area contributed by atoms with E-state index in [1.54, 1.807) is 31.6 Å². The molecule has 7 heteroatoms. The number of rotatable bonds is 8. The topological polar surface area (TPSA) is 93.2 Å². The summed E-state index contributed by atoms with van der Waals surface area (Å²) in [4.78, 5) is 32.2. The standard InChI is InChI=1S/C17H20N4O3/c1-24-9-3-7-20-17(23)15-10-14(5-8-19-15)16(22)21-12-13-4-2-6-18-11-13/h2,4-6,8,10-11H,3,7,9,12H2,1H3,(H,20,23)(H,21,22). The predicted molar refractivity (Wildman–Crippen MR) is 88.5 cm³/mol. The molecule has 7 nitrogen and oxygen atoms in total. The summed E-state index contributed by atoms with van der Waals surface area (Å²) < 4.78 is 4.92. The number of carbonyl (C=O) groups excluding carboxylic acids is 2. The van der Waals surface area contributed by atoms with Gasteiger partial charge in [-0.15, -0.1) is 0 Å². The summed E-state index contributed by atoms with van der Waals surface area (Å²) in [5.41, 5.74) is 1.49. The van der Waals surface area contributed by atoms with Crippen LogP contribution in [0, 0.1) is 0 Å². The fourth-order valence-corrected chi connectivity index (χ4v) is 1.99. The molecule has 0 saturated heterocycles. The molecule has 0 bridgehead atoms. The number of aromatic nitrogens is 2. The van der Waals surface area contributed by atoms with Gasteiger partial charge in [-0.3, -0.25) is 19.6 Å². The highest BCUT2D eigenvalue weighted by atomic mass is 16.5. The van der Waals surface area contributed by atoms with Crippen LogP contribution in [0.1, 0.15) is 32.8 Å². The van der Waals surface area contributed by atoms with Crippen LogP contribution in [0.25, 0.3) is 0 Å². The normalized spacial score (nSPS) is 10.2. The lowest BCUT2D eigenvalue weighted by Crippen LogP contribution is -2.27. The molecule has 0 aliphatic heterocycles. The van der Waals surface area contributed by atoms with Gasteiger partial charge in [0.25, 0.3) is 11.8 Å². The summed E-state index contributed by atoms with van der Waals surface area (Å²) in [6.07, 6.45) is 5.52. The fourth-order valence-electron chi connectivity index (χ4n) is 1.99. The summed E-state index contributed by atoms with van der Waals surface area (Å²) in [7, 11) is 1.61. The fraction of sp³-hybridized carbons (Fsp3) is 0.294. The van der Waals surface area contributed by atoms with Gasteiger partial charge in [0.2, 0.25) is 0 Å². The molecule has 0 unspecified atom stereocenters. The van der Waals surface area contributed by atoms with E-state index >= 15 is 0 Å². The third kappa shape index (κ3) is 5.44. The Hall–Kier alpha value is -2.80. The third-order valence-corrected chi connectivity index (χ3v) is 3.24. The SMILES string of the molecule is COCCCNC(=O)c1cc(C(=O)NCc2cccnc2)ccn1. The van der Waals surface area contributed by atoms with Gasteiger partial charge in [-0.2, -0.15) is 0 Å². The molecule has 0 aliphatic rings. The molecule has 2 rings (SSSR count). The van der Waals surface area contributed by atoms with E-state index in [0.29, 0.717) is 31.7 Å². The Morgan fingerprint density at radius 3 is 2.79 bits per heavy atom. The van der Waals surface area contributed by atoms with Gasteiger partial charge >= 0.3 is 0 Å². The van der Waals surface area contributed by atoms with Gasteiger partial charge < -0.3 is 15.4 Å². The maximum atomic E-state index is 12.2. The van der Waals surface area contributed by atoms with Crippen LogP contribution < -0.4 is 10.6 Å². The van der Waals surface area contributed by atoms with Crippen molar-refractivity contribution in [3.8, 4) is 0 Å². The number of amides is 2. The van der Waals surface area contributed by atoms with Crippen molar-refractivity contribution in [2.75, 3.05) is 20.3 Å². The van der Waals surface area contributed by atoms with E-state index in [0.717, 1.165) is 5.56 Å². The Labute approximate surface area is 140 Å². The van der Waals surface area contributed by atoms with Crippen molar-refractivity contribution in [1.29, 1.82) is 0 Å². The minimum absolute atomic E-state index is 0.210. The minimum atomic E-state index is -0.312. The zero-order valence-corrected chi connectivity index (χ0v) is 13.5. The molecular weight excluding hydrogens is 308 g/mol. The van der Waals surface area contributed by atoms with Crippen LogP contribution in [0.4, 0.5) is 0 Å². The second kappa shape index (κ2) is 9.36. The highest BCUT2D eigenvalue weighted by Gasteiger charge is 2.11. The van der Waals surface area contributed by atoms with E-state index in [4.69, 9.17) is 4.74 Å². The maximum Gasteiger partial charge on any atom is 0.269 e. The molecule has 0 fully saturated rings.